The number of hydrogen-bond acceptors (Lipinski definition) is 2. The van der Waals surface area contributed by atoms with Crippen LogP contribution < -0.4 is 10.6 Å². The maximum atomic E-state index is 13.0. The monoisotopic (exact) mass is 279 g/mol. The molecule has 4 nitrogen and oxygen atoms in total. The largest absolute Gasteiger partial charge is 0.324 e. The fourth-order valence-corrected chi connectivity index (χ4v) is 1.65. The summed E-state index contributed by atoms with van der Waals surface area (Å²) in [5, 5.41) is 5.05. The molecule has 1 heterocycles. The van der Waals surface area contributed by atoms with Crippen LogP contribution in [0.25, 0.3) is 0 Å². The van der Waals surface area contributed by atoms with E-state index in [2.05, 4.69) is 15.6 Å². The molecule has 2 rings (SSSR count). The standard InChI is InChI=1S/C13H11ClFN3O/c1-8-3-2-4-12(16-8)18-13(19)17-9-5-6-11(15)10(14)7-9/h2-7H,1H3,(H2,16,17,18,19). The van der Waals surface area contributed by atoms with Gasteiger partial charge in [0.1, 0.15) is 11.6 Å². The minimum absolute atomic E-state index is 0.0496. The summed E-state index contributed by atoms with van der Waals surface area (Å²) in [4.78, 5) is 15.8. The molecule has 19 heavy (non-hydrogen) atoms. The highest BCUT2D eigenvalue weighted by Gasteiger charge is 2.06. The second kappa shape index (κ2) is 5.67. The van der Waals surface area contributed by atoms with Crippen LogP contribution in [0.15, 0.2) is 36.4 Å². The van der Waals surface area contributed by atoms with E-state index in [4.69, 9.17) is 11.6 Å². The van der Waals surface area contributed by atoms with Crippen LogP contribution in [0.4, 0.5) is 20.7 Å². The predicted molar refractivity (Wildman–Crippen MR) is 73.0 cm³/mol. The number of hydrogen-bond donors (Lipinski definition) is 2. The minimum Gasteiger partial charge on any atom is -0.308 e. The van der Waals surface area contributed by atoms with E-state index in [-0.39, 0.29) is 5.02 Å². The van der Waals surface area contributed by atoms with Crippen LogP contribution >= 0.6 is 11.6 Å². The number of anilines is 2. The molecule has 0 spiro atoms. The number of aromatic nitrogens is 1. The van der Waals surface area contributed by atoms with Crippen LogP contribution in [0.1, 0.15) is 5.69 Å². The molecule has 0 atom stereocenters. The van der Waals surface area contributed by atoms with E-state index in [1.165, 1.54) is 18.2 Å². The summed E-state index contributed by atoms with van der Waals surface area (Å²) in [6.45, 7) is 1.82. The van der Waals surface area contributed by atoms with Gasteiger partial charge in [0.05, 0.1) is 5.02 Å². The van der Waals surface area contributed by atoms with Crippen LogP contribution in [0.3, 0.4) is 0 Å². The van der Waals surface area contributed by atoms with Gasteiger partial charge in [-0.05, 0) is 37.3 Å². The first-order valence-electron chi connectivity index (χ1n) is 5.51. The number of amides is 2. The maximum Gasteiger partial charge on any atom is 0.324 e. The molecular formula is C13H11ClFN3O. The fraction of sp³-hybridized carbons (Fsp3) is 0.0769. The highest BCUT2D eigenvalue weighted by molar-refractivity contribution is 6.31. The fourth-order valence-electron chi connectivity index (χ4n) is 1.47. The molecule has 0 radical (unpaired) electrons. The summed E-state index contributed by atoms with van der Waals surface area (Å²) in [6.07, 6.45) is 0. The first-order chi connectivity index (χ1) is 9.04. The zero-order valence-electron chi connectivity index (χ0n) is 10.1. The molecular weight excluding hydrogens is 269 g/mol. The van der Waals surface area contributed by atoms with Gasteiger partial charge >= 0.3 is 6.03 Å². The molecule has 0 aliphatic heterocycles. The highest BCUT2D eigenvalue weighted by atomic mass is 35.5. The lowest BCUT2D eigenvalue weighted by Gasteiger charge is -2.07. The number of carbonyl (C=O) groups excluding carboxylic acids is 1. The number of nitrogens with zero attached hydrogens (tertiary/aromatic N) is 1. The van der Waals surface area contributed by atoms with Crippen molar-refractivity contribution in [2.45, 2.75) is 6.92 Å². The Kier molecular flexibility index (Phi) is 3.97. The van der Waals surface area contributed by atoms with E-state index in [9.17, 15) is 9.18 Å². The second-order valence-corrected chi connectivity index (χ2v) is 4.28. The zero-order chi connectivity index (χ0) is 13.8. The topological polar surface area (TPSA) is 54.0 Å². The molecule has 0 saturated carbocycles. The van der Waals surface area contributed by atoms with Crippen molar-refractivity contribution in [3.63, 3.8) is 0 Å². The summed E-state index contributed by atoms with van der Waals surface area (Å²) in [6, 6.07) is 8.74. The number of nitrogens with one attached hydrogen (secondary N) is 2. The van der Waals surface area contributed by atoms with Gasteiger partial charge in [0.2, 0.25) is 0 Å². The van der Waals surface area contributed by atoms with Crippen LogP contribution in [0.2, 0.25) is 5.02 Å². The third kappa shape index (κ3) is 3.66. The Bertz CT molecular complexity index is 619. The Morgan fingerprint density at radius 1 is 1.26 bits per heavy atom. The lowest BCUT2D eigenvalue weighted by Crippen LogP contribution is -2.20. The number of halogens is 2. The number of pyridine rings is 1. The van der Waals surface area contributed by atoms with E-state index in [1.54, 1.807) is 12.1 Å². The molecule has 2 N–H and O–H groups in total. The van der Waals surface area contributed by atoms with Crippen molar-refractivity contribution in [1.29, 1.82) is 0 Å². The van der Waals surface area contributed by atoms with Gasteiger partial charge in [0, 0.05) is 11.4 Å². The van der Waals surface area contributed by atoms with Crippen molar-refractivity contribution >= 4 is 29.1 Å². The SMILES string of the molecule is Cc1cccc(NC(=O)Nc2ccc(F)c(Cl)c2)n1. The van der Waals surface area contributed by atoms with Gasteiger partial charge in [-0.25, -0.2) is 14.2 Å². The Labute approximate surface area is 114 Å². The summed E-state index contributed by atoms with van der Waals surface area (Å²) >= 11 is 5.62. The van der Waals surface area contributed by atoms with Crippen LogP contribution in [0, 0.1) is 12.7 Å². The Morgan fingerprint density at radius 2 is 2.05 bits per heavy atom. The maximum absolute atomic E-state index is 13.0. The molecule has 0 aliphatic carbocycles. The lowest BCUT2D eigenvalue weighted by atomic mass is 10.3. The van der Waals surface area contributed by atoms with Gasteiger partial charge in [0.15, 0.2) is 0 Å². The average Bonchev–Trinajstić information content (AvgIpc) is 2.34. The Balaban J connectivity index is 2.03. The van der Waals surface area contributed by atoms with Crippen molar-refractivity contribution in [3.8, 4) is 0 Å². The van der Waals surface area contributed by atoms with Gasteiger partial charge in [-0.3, -0.25) is 5.32 Å². The van der Waals surface area contributed by atoms with E-state index in [0.29, 0.717) is 11.5 Å². The molecule has 98 valence electrons. The molecule has 0 bridgehead atoms. The van der Waals surface area contributed by atoms with E-state index < -0.39 is 11.8 Å². The van der Waals surface area contributed by atoms with Crippen LogP contribution in [0.5, 0.6) is 0 Å². The molecule has 0 aliphatic rings. The highest BCUT2D eigenvalue weighted by Crippen LogP contribution is 2.19. The van der Waals surface area contributed by atoms with Crippen LogP contribution in [-0.4, -0.2) is 11.0 Å². The Morgan fingerprint density at radius 3 is 2.74 bits per heavy atom. The van der Waals surface area contributed by atoms with Gasteiger partial charge < -0.3 is 5.32 Å². The molecule has 0 saturated heterocycles. The first-order valence-corrected chi connectivity index (χ1v) is 5.89. The van der Waals surface area contributed by atoms with Crippen molar-refractivity contribution in [2.75, 3.05) is 10.6 Å². The zero-order valence-corrected chi connectivity index (χ0v) is 10.8. The summed E-state index contributed by atoms with van der Waals surface area (Å²) in [7, 11) is 0. The second-order valence-electron chi connectivity index (χ2n) is 3.87. The first kappa shape index (κ1) is 13.3. The van der Waals surface area contributed by atoms with Gasteiger partial charge in [0.25, 0.3) is 0 Å². The van der Waals surface area contributed by atoms with Crippen molar-refractivity contribution in [3.05, 3.63) is 52.9 Å². The van der Waals surface area contributed by atoms with Crippen LogP contribution in [-0.2, 0) is 0 Å². The average molecular weight is 280 g/mol. The van der Waals surface area contributed by atoms with Crippen molar-refractivity contribution < 1.29 is 9.18 Å². The third-order valence-corrected chi connectivity index (χ3v) is 2.60. The summed E-state index contributed by atoms with van der Waals surface area (Å²) < 4.78 is 13.0. The number of carbonyl (C=O) groups is 1. The van der Waals surface area contributed by atoms with Gasteiger partial charge in [-0.15, -0.1) is 0 Å². The molecule has 0 fully saturated rings. The number of benzene rings is 1. The third-order valence-electron chi connectivity index (χ3n) is 2.31. The van der Waals surface area contributed by atoms with E-state index in [1.807, 2.05) is 13.0 Å². The summed E-state index contributed by atoms with van der Waals surface area (Å²) in [5.41, 5.74) is 1.19. The summed E-state index contributed by atoms with van der Waals surface area (Å²) in [5.74, 6) is -0.0984. The molecule has 6 heteroatoms. The lowest BCUT2D eigenvalue weighted by molar-refractivity contribution is 0.262. The van der Waals surface area contributed by atoms with Crippen molar-refractivity contribution in [2.24, 2.45) is 0 Å². The number of urea groups is 1. The minimum atomic E-state index is -0.534. The predicted octanol–water partition coefficient (Wildman–Crippen LogP) is 3.83. The van der Waals surface area contributed by atoms with Gasteiger partial charge in [-0.1, -0.05) is 17.7 Å². The number of rotatable bonds is 2. The molecule has 1 aromatic heterocycles. The number of aryl methyl sites for hydroxylation is 1. The van der Waals surface area contributed by atoms with E-state index in [0.717, 1.165) is 5.69 Å². The molecule has 2 aromatic rings. The van der Waals surface area contributed by atoms with Crippen molar-refractivity contribution in [1.82, 2.24) is 4.98 Å². The molecule has 1 aromatic carbocycles. The normalized spacial score (nSPS) is 10.1. The molecule has 2 amide bonds. The van der Waals surface area contributed by atoms with E-state index >= 15 is 0 Å². The van der Waals surface area contributed by atoms with Gasteiger partial charge in [-0.2, -0.15) is 0 Å². The Hall–Kier alpha value is -2.14. The smallest absolute Gasteiger partial charge is 0.308 e. The molecule has 0 unspecified atom stereocenters. The quantitative estimate of drug-likeness (QED) is 0.878.